The summed E-state index contributed by atoms with van der Waals surface area (Å²) in [7, 11) is 1.83. The number of halogens is 1. The van der Waals surface area contributed by atoms with Crippen LogP contribution in [0.25, 0.3) is 16.7 Å². The monoisotopic (exact) mass is 416 g/mol. The summed E-state index contributed by atoms with van der Waals surface area (Å²) in [4.78, 5) is 18.6. The molecule has 0 aliphatic carbocycles. The predicted octanol–water partition coefficient (Wildman–Crippen LogP) is 1.80. The molecule has 10 heteroatoms. The van der Waals surface area contributed by atoms with Crippen LogP contribution in [-0.2, 0) is 6.54 Å². The second-order valence-corrected chi connectivity index (χ2v) is 6.63. The third-order valence-electron chi connectivity index (χ3n) is 3.94. The fraction of sp³-hybridized carbons (Fsp3) is 0.250. The van der Waals surface area contributed by atoms with E-state index in [-0.39, 0.29) is 6.61 Å². The Morgan fingerprint density at radius 1 is 1.27 bits per heavy atom. The van der Waals surface area contributed by atoms with E-state index in [0.29, 0.717) is 30.6 Å². The summed E-state index contributed by atoms with van der Waals surface area (Å²) in [5.74, 6) is 1.84. The van der Waals surface area contributed by atoms with Crippen LogP contribution in [0.4, 0.5) is 11.9 Å². The Kier molecular flexibility index (Phi) is 4.43. The Labute approximate surface area is 157 Å². The highest BCUT2D eigenvalue weighted by atomic mass is 79.9. The fourth-order valence-corrected chi connectivity index (χ4v) is 2.98. The summed E-state index contributed by atoms with van der Waals surface area (Å²) in [5.41, 5.74) is 2.55. The maximum Gasteiger partial charge on any atom is 0.230 e. The number of hydrogen-bond donors (Lipinski definition) is 3. The van der Waals surface area contributed by atoms with Crippen molar-refractivity contribution in [1.82, 2.24) is 29.5 Å². The van der Waals surface area contributed by atoms with Crippen molar-refractivity contribution in [2.75, 3.05) is 30.4 Å². The number of imidazole rings is 1. The maximum atomic E-state index is 9.16. The van der Waals surface area contributed by atoms with Crippen molar-refractivity contribution >= 4 is 44.5 Å². The lowest BCUT2D eigenvalue weighted by atomic mass is 10.3. The number of para-hydroxylation sites is 2. The van der Waals surface area contributed by atoms with Crippen molar-refractivity contribution in [1.29, 1.82) is 0 Å². The second-order valence-electron chi connectivity index (χ2n) is 5.77. The molecule has 0 aliphatic heterocycles. The van der Waals surface area contributed by atoms with Crippen molar-refractivity contribution in [3.63, 3.8) is 0 Å². The molecule has 0 fully saturated rings. The molecule has 0 spiro atoms. The highest BCUT2D eigenvalue weighted by Gasteiger charge is 2.14. The smallest absolute Gasteiger partial charge is 0.230 e. The third-order valence-corrected chi connectivity index (χ3v) is 4.50. The minimum Gasteiger partial charge on any atom is -0.395 e. The van der Waals surface area contributed by atoms with Gasteiger partial charge in [0, 0.05) is 13.6 Å². The molecule has 3 N–H and O–H groups in total. The predicted molar refractivity (Wildman–Crippen MR) is 102 cm³/mol. The third kappa shape index (κ3) is 3.08. The maximum absolute atomic E-state index is 9.16. The van der Waals surface area contributed by atoms with Crippen LogP contribution in [0.5, 0.6) is 0 Å². The molecule has 134 valence electrons. The largest absolute Gasteiger partial charge is 0.395 e. The van der Waals surface area contributed by atoms with Crippen molar-refractivity contribution in [3.8, 4) is 0 Å². The first kappa shape index (κ1) is 16.7. The molecule has 3 heterocycles. The molecular formula is C16H17BrN8O. The molecule has 0 radical (unpaired) electrons. The summed E-state index contributed by atoms with van der Waals surface area (Å²) in [6.45, 7) is 0.916. The van der Waals surface area contributed by atoms with Crippen LogP contribution in [0.1, 0.15) is 5.82 Å². The first-order chi connectivity index (χ1) is 12.7. The van der Waals surface area contributed by atoms with Gasteiger partial charge < -0.3 is 20.3 Å². The number of rotatable bonds is 6. The highest BCUT2D eigenvalue weighted by Crippen LogP contribution is 2.21. The average molecular weight is 417 g/mol. The van der Waals surface area contributed by atoms with Crippen LogP contribution in [0.2, 0.25) is 0 Å². The van der Waals surface area contributed by atoms with Gasteiger partial charge in [0.1, 0.15) is 5.82 Å². The molecular weight excluding hydrogens is 400 g/mol. The summed E-state index contributed by atoms with van der Waals surface area (Å²) < 4.78 is 2.40. The number of aliphatic hydroxyl groups is 1. The molecule has 9 nitrogen and oxygen atoms in total. The zero-order valence-electron chi connectivity index (χ0n) is 14.0. The van der Waals surface area contributed by atoms with E-state index in [9.17, 15) is 0 Å². The van der Waals surface area contributed by atoms with Crippen molar-refractivity contribution in [3.05, 3.63) is 40.8 Å². The second kappa shape index (κ2) is 6.89. The van der Waals surface area contributed by atoms with E-state index in [4.69, 9.17) is 5.11 Å². The van der Waals surface area contributed by atoms with Gasteiger partial charge in [-0.15, -0.1) is 0 Å². The van der Waals surface area contributed by atoms with Gasteiger partial charge in [-0.1, -0.05) is 12.1 Å². The van der Waals surface area contributed by atoms with Gasteiger partial charge in [-0.3, -0.25) is 0 Å². The number of aliphatic hydroxyl groups excluding tert-OH is 1. The van der Waals surface area contributed by atoms with Crippen LogP contribution in [0, 0.1) is 0 Å². The van der Waals surface area contributed by atoms with E-state index < -0.39 is 0 Å². The van der Waals surface area contributed by atoms with Crippen molar-refractivity contribution < 1.29 is 5.11 Å². The molecule has 0 unspecified atom stereocenters. The van der Waals surface area contributed by atoms with Gasteiger partial charge in [0.25, 0.3) is 0 Å². The average Bonchev–Trinajstić information content (AvgIpc) is 3.23. The van der Waals surface area contributed by atoms with Gasteiger partial charge in [-0.05, 0) is 28.1 Å². The normalized spacial score (nSPS) is 11.3. The number of fused-ring (bicyclic) bond motifs is 2. The summed E-state index contributed by atoms with van der Waals surface area (Å²) in [6, 6.07) is 7.88. The van der Waals surface area contributed by atoms with Crippen molar-refractivity contribution in [2.45, 2.75) is 6.54 Å². The van der Waals surface area contributed by atoms with E-state index in [1.165, 1.54) is 0 Å². The topological polar surface area (TPSA) is 107 Å². The summed E-state index contributed by atoms with van der Waals surface area (Å²) in [5, 5.41) is 16.7. The SMILES string of the molecule is CN(CCO)c1nc(NCc2nc3ccccc3[nH]2)n2ncc(Br)c2n1. The molecule has 4 rings (SSSR count). The van der Waals surface area contributed by atoms with E-state index >= 15 is 0 Å². The minimum atomic E-state index is 0.0210. The summed E-state index contributed by atoms with van der Waals surface area (Å²) in [6.07, 6.45) is 1.67. The van der Waals surface area contributed by atoms with Crippen LogP contribution >= 0.6 is 15.9 Å². The Bertz CT molecular complexity index is 1030. The zero-order chi connectivity index (χ0) is 18.1. The van der Waals surface area contributed by atoms with E-state index in [1.807, 2.05) is 31.3 Å². The van der Waals surface area contributed by atoms with E-state index in [2.05, 4.69) is 46.3 Å². The Morgan fingerprint density at radius 3 is 2.92 bits per heavy atom. The molecule has 26 heavy (non-hydrogen) atoms. The number of hydrogen-bond acceptors (Lipinski definition) is 7. The first-order valence-corrected chi connectivity index (χ1v) is 8.86. The molecule has 3 aromatic heterocycles. The van der Waals surface area contributed by atoms with Crippen molar-refractivity contribution in [2.24, 2.45) is 0 Å². The van der Waals surface area contributed by atoms with E-state index in [1.54, 1.807) is 15.6 Å². The molecule has 0 aliphatic rings. The van der Waals surface area contributed by atoms with Gasteiger partial charge in [0.05, 0.1) is 34.9 Å². The van der Waals surface area contributed by atoms with Crippen LogP contribution < -0.4 is 10.2 Å². The number of H-pyrrole nitrogens is 1. The molecule has 0 saturated carbocycles. The van der Waals surface area contributed by atoms with E-state index in [0.717, 1.165) is 21.3 Å². The lowest BCUT2D eigenvalue weighted by Crippen LogP contribution is -2.24. The molecule has 0 bridgehead atoms. The van der Waals surface area contributed by atoms with Gasteiger partial charge in [-0.2, -0.15) is 19.6 Å². The number of nitrogens with zero attached hydrogens (tertiary/aromatic N) is 6. The van der Waals surface area contributed by atoms with Crippen LogP contribution in [0.15, 0.2) is 34.9 Å². The lowest BCUT2D eigenvalue weighted by Gasteiger charge is -2.17. The zero-order valence-corrected chi connectivity index (χ0v) is 15.6. The quantitative estimate of drug-likeness (QED) is 0.439. The molecule has 4 aromatic rings. The fourth-order valence-electron chi connectivity index (χ4n) is 2.63. The molecule has 0 amide bonds. The molecule has 0 saturated heterocycles. The number of benzene rings is 1. The summed E-state index contributed by atoms with van der Waals surface area (Å²) >= 11 is 3.45. The first-order valence-electron chi connectivity index (χ1n) is 8.06. The number of likely N-dealkylation sites (N-methyl/N-ethyl adjacent to an activating group) is 1. The van der Waals surface area contributed by atoms with Gasteiger partial charge >= 0.3 is 0 Å². The Morgan fingerprint density at radius 2 is 2.12 bits per heavy atom. The number of aromatic nitrogens is 6. The van der Waals surface area contributed by atoms with Gasteiger partial charge in [0.2, 0.25) is 11.9 Å². The van der Waals surface area contributed by atoms with Gasteiger partial charge in [0.15, 0.2) is 5.65 Å². The number of anilines is 2. The number of nitrogens with one attached hydrogen (secondary N) is 2. The Hall–Kier alpha value is -2.72. The Balaban J connectivity index is 1.65. The number of aromatic amines is 1. The molecule has 1 aromatic carbocycles. The lowest BCUT2D eigenvalue weighted by molar-refractivity contribution is 0.303. The minimum absolute atomic E-state index is 0.0210. The molecule has 0 atom stereocenters. The van der Waals surface area contributed by atoms with Crippen LogP contribution in [0.3, 0.4) is 0 Å². The van der Waals surface area contributed by atoms with Crippen LogP contribution in [-0.4, -0.2) is 54.9 Å². The van der Waals surface area contributed by atoms with Gasteiger partial charge in [-0.25, -0.2) is 4.98 Å². The standard InChI is InChI=1S/C16H17BrN8O/c1-24(6-7-26)16-22-14-10(17)8-19-25(14)15(23-16)18-9-13-20-11-4-2-3-5-12(11)21-13/h2-5,8,26H,6-7,9H2,1H3,(H,20,21)(H,18,22,23). The highest BCUT2D eigenvalue weighted by molar-refractivity contribution is 9.10.